The Labute approximate surface area is 69.5 Å². The number of hydrogen-bond donors (Lipinski definition) is 0. The zero-order valence-electron chi connectivity index (χ0n) is 7.72. The molecule has 0 unspecified atom stereocenters. The van der Waals surface area contributed by atoms with E-state index in [4.69, 9.17) is 0 Å². The second kappa shape index (κ2) is 5.90. The predicted octanol–water partition coefficient (Wildman–Crippen LogP) is 3.34. The zero-order chi connectivity index (χ0) is 8.69. The van der Waals surface area contributed by atoms with Crippen molar-refractivity contribution in [3.05, 3.63) is 23.9 Å². The molecule has 0 atom stereocenters. The lowest BCUT2D eigenvalue weighted by atomic mass is 10.1. The Hall–Kier alpha value is -0.850. The molecule has 0 aromatic carbocycles. The van der Waals surface area contributed by atoms with Crippen molar-refractivity contribution in [2.24, 2.45) is 4.99 Å². The molecule has 0 fully saturated rings. The van der Waals surface area contributed by atoms with E-state index in [9.17, 15) is 0 Å². The molecule has 0 rings (SSSR count). The fourth-order valence-electron chi connectivity index (χ4n) is 0.785. The highest BCUT2D eigenvalue weighted by atomic mass is 14.7. The minimum Gasteiger partial charge on any atom is -0.266 e. The minimum absolute atomic E-state index is 0.872. The van der Waals surface area contributed by atoms with Gasteiger partial charge >= 0.3 is 0 Å². The largest absolute Gasteiger partial charge is 0.266 e. The van der Waals surface area contributed by atoms with Crippen molar-refractivity contribution in [1.29, 1.82) is 0 Å². The fraction of sp³-hybridized carbons (Fsp3) is 0.500. The van der Waals surface area contributed by atoms with Gasteiger partial charge in [-0.25, -0.2) is 0 Å². The van der Waals surface area contributed by atoms with Gasteiger partial charge in [0.25, 0.3) is 0 Å². The maximum absolute atomic E-state index is 4.10. The molecule has 0 aromatic heterocycles. The van der Waals surface area contributed by atoms with Crippen LogP contribution in [0.1, 0.15) is 33.6 Å². The van der Waals surface area contributed by atoms with Gasteiger partial charge in [0, 0.05) is 18.3 Å². The molecule has 0 aliphatic rings. The molecule has 0 bridgehead atoms. The molecule has 0 saturated carbocycles. The third-order valence-electron chi connectivity index (χ3n) is 1.53. The van der Waals surface area contributed by atoms with E-state index < -0.39 is 0 Å². The van der Waals surface area contributed by atoms with Crippen LogP contribution in [0.3, 0.4) is 0 Å². The highest BCUT2D eigenvalue weighted by molar-refractivity contribution is 5.62. The first kappa shape index (κ1) is 10.2. The summed E-state index contributed by atoms with van der Waals surface area (Å²) in [7, 11) is 0. The summed E-state index contributed by atoms with van der Waals surface area (Å²) < 4.78 is 0. The van der Waals surface area contributed by atoms with E-state index in [0.717, 1.165) is 18.5 Å². The zero-order valence-corrected chi connectivity index (χ0v) is 7.72. The number of hydrogen-bond acceptors (Lipinski definition) is 1. The van der Waals surface area contributed by atoms with E-state index in [0.29, 0.717) is 0 Å². The Bertz CT molecular complexity index is 175. The maximum atomic E-state index is 4.10. The van der Waals surface area contributed by atoms with Crippen LogP contribution in [0.2, 0.25) is 0 Å². The van der Waals surface area contributed by atoms with E-state index in [1.165, 1.54) is 5.57 Å². The average molecular weight is 151 g/mol. The Kier molecular flexibility index (Phi) is 5.44. The molecule has 0 amide bonds. The standard InChI is InChI=1S/C10H17N/c1-5-10(6-2)7-8-11-9(3)4/h5,8H,3,6-7H2,1-2,4H3/b10-5-,11-8+. The van der Waals surface area contributed by atoms with Crippen LogP contribution < -0.4 is 0 Å². The van der Waals surface area contributed by atoms with Gasteiger partial charge in [-0.3, -0.25) is 4.99 Å². The first-order valence-corrected chi connectivity index (χ1v) is 4.02. The molecule has 0 spiro atoms. The van der Waals surface area contributed by atoms with Gasteiger partial charge in [-0.2, -0.15) is 0 Å². The summed E-state index contributed by atoms with van der Waals surface area (Å²) in [4.78, 5) is 4.10. The third-order valence-corrected chi connectivity index (χ3v) is 1.53. The van der Waals surface area contributed by atoms with E-state index in [-0.39, 0.29) is 0 Å². The number of nitrogens with zero attached hydrogens (tertiary/aromatic N) is 1. The van der Waals surface area contributed by atoms with Crippen molar-refractivity contribution in [3.63, 3.8) is 0 Å². The normalized spacial score (nSPS) is 12.5. The Morgan fingerprint density at radius 1 is 1.55 bits per heavy atom. The molecular formula is C10H17N. The van der Waals surface area contributed by atoms with Gasteiger partial charge in [0.2, 0.25) is 0 Å². The van der Waals surface area contributed by atoms with Gasteiger partial charge in [-0.15, -0.1) is 0 Å². The molecule has 62 valence electrons. The molecule has 0 aromatic rings. The molecule has 0 radical (unpaired) electrons. The number of aliphatic imine (C=N–C) groups is 1. The fourth-order valence-corrected chi connectivity index (χ4v) is 0.785. The predicted molar refractivity (Wildman–Crippen MR) is 52.0 cm³/mol. The average Bonchev–Trinajstić information content (AvgIpc) is 1.98. The van der Waals surface area contributed by atoms with Crippen molar-refractivity contribution in [1.82, 2.24) is 0 Å². The second-order valence-corrected chi connectivity index (χ2v) is 2.55. The number of allylic oxidation sites excluding steroid dienone is 3. The van der Waals surface area contributed by atoms with Crippen molar-refractivity contribution in [2.45, 2.75) is 33.6 Å². The van der Waals surface area contributed by atoms with Gasteiger partial charge < -0.3 is 0 Å². The molecule has 0 aliphatic heterocycles. The van der Waals surface area contributed by atoms with Crippen LogP contribution in [0.4, 0.5) is 0 Å². The second-order valence-electron chi connectivity index (χ2n) is 2.55. The van der Waals surface area contributed by atoms with Crippen LogP contribution in [0.25, 0.3) is 0 Å². The van der Waals surface area contributed by atoms with Gasteiger partial charge in [-0.05, 0) is 20.3 Å². The number of rotatable bonds is 4. The Morgan fingerprint density at radius 3 is 2.55 bits per heavy atom. The summed E-state index contributed by atoms with van der Waals surface area (Å²) in [6.07, 6.45) is 6.13. The first-order valence-electron chi connectivity index (χ1n) is 4.02. The lowest BCUT2D eigenvalue weighted by molar-refractivity contribution is 1.05. The summed E-state index contributed by atoms with van der Waals surface area (Å²) in [5.41, 5.74) is 2.30. The Morgan fingerprint density at radius 2 is 2.18 bits per heavy atom. The summed E-state index contributed by atoms with van der Waals surface area (Å²) in [6.45, 7) is 9.81. The molecule has 1 heteroatoms. The summed E-state index contributed by atoms with van der Waals surface area (Å²) >= 11 is 0. The smallest absolute Gasteiger partial charge is 0.0297 e. The van der Waals surface area contributed by atoms with Gasteiger partial charge in [0.1, 0.15) is 0 Å². The van der Waals surface area contributed by atoms with E-state index in [1.807, 2.05) is 13.1 Å². The van der Waals surface area contributed by atoms with Crippen LogP contribution in [0, 0.1) is 0 Å². The Balaban J connectivity index is 3.77. The quantitative estimate of drug-likeness (QED) is 0.431. The molecule has 0 heterocycles. The van der Waals surface area contributed by atoms with Crippen molar-refractivity contribution >= 4 is 6.21 Å². The monoisotopic (exact) mass is 151 g/mol. The van der Waals surface area contributed by atoms with Crippen LogP contribution in [-0.2, 0) is 0 Å². The topological polar surface area (TPSA) is 12.4 Å². The van der Waals surface area contributed by atoms with Crippen molar-refractivity contribution in [2.75, 3.05) is 0 Å². The van der Waals surface area contributed by atoms with E-state index in [1.54, 1.807) is 0 Å². The van der Waals surface area contributed by atoms with Crippen LogP contribution in [-0.4, -0.2) is 6.21 Å². The molecular weight excluding hydrogens is 134 g/mol. The van der Waals surface area contributed by atoms with Crippen LogP contribution in [0.15, 0.2) is 28.9 Å². The van der Waals surface area contributed by atoms with E-state index >= 15 is 0 Å². The van der Waals surface area contributed by atoms with E-state index in [2.05, 4.69) is 31.5 Å². The summed E-state index contributed by atoms with van der Waals surface area (Å²) in [5.74, 6) is 0. The summed E-state index contributed by atoms with van der Waals surface area (Å²) in [5, 5.41) is 0. The third kappa shape index (κ3) is 5.59. The van der Waals surface area contributed by atoms with Gasteiger partial charge in [-0.1, -0.05) is 25.2 Å². The molecule has 0 N–H and O–H groups in total. The van der Waals surface area contributed by atoms with Gasteiger partial charge in [0.15, 0.2) is 0 Å². The van der Waals surface area contributed by atoms with Gasteiger partial charge in [0.05, 0.1) is 0 Å². The molecule has 0 aliphatic carbocycles. The van der Waals surface area contributed by atoms with Crippen LogP contribution >= 0.6 is 0 Å². The molecule has 11 heavy (non-hydrogen) atoms. The SMILES string of the molecule is C=C(C)/N=C/C/C(=C\C)CC. The maximum Gasteiger partial charge on any atom is 0.0297 e. The molecule has 0 saturated heterocycles. The van der Waals surface area contributed by atoms with Crippen molar-refractivity contribution < 1.29 is 0 Å². The van der Waals surface area contributed by atoms with Crippen molar-refractivity contribution in [3.8, 4) is 0 Å². The lowest BCUT2D eigenvalue weighted by Gasteiger charge is -1.96. The minimum atomic E-state index is 0.872. The summed E-state index contributed by atoms with van der Waals surface area (Å²) in [6, 6.07) is 0. The first-order chi connectivity index (χ1) is 5.20. The highest BCUT2D eigenvalue weighted by Crippen LogP contribution is 2.03. The highest BCUT2D eigenvalue weighted by Gasteiger charge is 1.87. The molecule has 1 nitrogen and oxygen atoms in total. The van der Waals surface area contributed by atoms with Crippen LogP contribution in [0.5, 0.6) is 0 Å². The lowest BCUT2D eigenvalue weighted by Crippen LogP contribution is -1.82.